The zero-order valence-corrected chi connectivity index (χ0v) is 19.0. The molecule has 2 aliphatic heterocycles. The van der Waals surface area contributed by atoms with E-state index in [-0.39, 0.29) is 36.4 Å². The van der Waals surface area contributed by atoms with Gasteiger partial charge < -0.3 is 28.7 Å². The highest BCUT2D eigenvalue weighted by Gasteiger charge is 2.35. The molecule has 2 fully saturated rings. The molecule has 1 aromatic rings. The van der Waals surface area contributed by atoms with E-state index in [1.165, 1.54) is 0 Å². The maximum Gasteiger partial charge on any atom is 0.242 e. The molecule has 3 rings (SSSR count). The fourth-order valence-corrected chi connectivity index (χ4v) is 4.08. The van der Waals surface area contributed by atoms with Crippen molar-refractivity contribution in [3.05, 3.63) is 23.8 Å². The normalized spacial score (nSPS) is 20.7. The molecule has 2 heterocycles. The topological polar surface area (TPSA) is 77.5 Å². The maximum absolute atomic E-state index is 13.1. The quantitative estimate of drug-likeness (QED) is 0.654. The lowest BCUT2D eigenvalue weighted by atomic mass is 9.98. The van der Waals surface area contributed by atoms with E-state index >= 15 is 0 Å². The van der Waals surface area contributed by atoms with E-state index < -0.39 is 0 Å². The molecule has 0 N–H and O–H groups in total. The van der Waals surface area contributed by atoms with Gasteiger partial charge in [-0.05, 0) is 44.4 Å². The first-order valence-corrected chi connectivity index (χ1v) is 10.9. The van der Waals surface area contributed by atoms with Gasteiger partial charge in [-0.25, -0.2) is 0 Å². The van der Waals surface area contributed by atoms with Crippen LogP contribution in [0.5, 0.6) is 11.5 Å². The first-order chi connectivity index (χ1) is 14.9. The summed E-state index contributed by atoms with van der Waals surface area (Å²) >= 11 is 0. The van der Waals surface area contributed by atoms with Gasteiger partial charge in [0.2, 0.25) is 11.8 Å². The predicted molar refractivity (Wildman–Crippen MR) is 115 cm³/mol. The monoisotopic (exact) mass is 434 g/mol. The molecule has 8 nitrogen and oxygen atoms in total. The van der Waals surface area contributed by atoms with Crippen LogP contribution in [-0.4, -0.2) is 80.8 Å². The molecule has 172 valence electrons. The van der Waals surface area contributed by atoms with Crippen molar-refractivity contribution >= 4 is 11.8 Å². The van der Waals surface area contributed by atoms with Crippen molar-refractivity contribution in [1.82, 2.24) is 9.80 Å². The van der Waals surface area contributed by atoms with E-state index in [0.29, 0.717) is 57.3 Å². The fourth-order valence-electron chi connectivity index (χ4n) is 4.08. The third-order valence-electron chi connectivity index (χ3n) is 5.87. The Hall–Kier alpha value is -2.32. The first-order valence-electron chi connectivity index (χ1n) is 10.9. The Morgan fingerprint density at radius 3 is 2.32 bits per heavy atom. The van der Waals surface area contributed by atoms with Gasteiger partial charge in [0.25, 0.3) is 0 Å². The van der Waals surface area contributed by atoms with Gasteiger partial charge in [0, 0.05) is 44.3 Å². The highest BCUT2D eigenvalue weighted by molar-refractivity contribution is 5.86. The highest BCUT2D eigenvalue weighted by atomic mass is 16.5. The fraction of sp³-hybridized carbons (Fsp3) is 0.652. The van der Waals surface area contributed by atoms with E-state index in [2.05, 4.69) is 0 Å². The molecule has 1 aromatic carbocycles. The first kappa shape index (κ1) is 23.3. The summed E-state index contributed by atoms with van der Waals surface area (Å²) in [7, 11) is 3.22. The van der Waals surface area contributed by atoms with Gasteiger partial charge in [0.1, 0.15) is 11.5 Å². The van der Waals surface area contributed by atoms with E-state index in [0.717, 1.165) is 5.56 Å². The Morgan fingerprint density at radius 1 is 1.10 bits per heavy atom. The molecule has 0 unspecified atom stereocenters. The van der Waals surface area contributed by atoms with Gasteiger partial charge in [-0.3, -0.25) is 9.59 Å². The molecule has 31 heavy (non-hydrogen) atoms. The van der Waals surface area contributed by atoms with Crippen molar-refractivity contribution in [1.29, 1.82) is 0 Å². The number of hydrogen-bond acceptors (Lipinski definition) is 6. The second-order valence-corrected chi connectivity index (χ2v) is 8.40. The van der Waals surface area contributed by atoms with Crippen LogP contribution >= 0.6 is 0 Å². The molecule has 8 heteroatoms. The van der Waals surface area contributed by atoms with Crippen LogP contribution in [0.15, 0.2) is 18.2 Å². The number of benzene rings is 1. The summed E-state index contributed by atoms with van der Waals surface area (Å²) in [6.45, 7) is 6.43. The Bertz CT molecular complexity index is 740. The number of amides is 2. The number of hydrogen-bond donors (Lipinski definition) is 0. The largest absolute Gasteiger partial charge is 0.497 e. The van der Waals surface area contributed by atoms with Crippen molar-refractivity contribution in [3.63, 3.8) is 0 Å². The van der Waals surface area contributed by atoms with Crippen LogP contribution in [0.1, 0.15) is 32.3 Å². The molecule has 2 amide bonds. The molecule has 1 atom stereocenters. The SMILES string of the molecule is COc1cc(CO[C@H]2CN(C(=O)C3CCOCC3)CC(=O)N(C(C)C)C2)cc(OC)c1. The molecule has 0 bridgehead atoms. The van der Waals surface area contributed by atoms with Crippen LogP contribution in [0.4, 0.5) is 0 Å². The molecular formula is C23H34N2O6. The minimum Gasteiger partial charge on any atom is -0.497 e. The summed E-state index contributed by atoms with van der Waals surface area (Å²) in [5.74, 6) is 1.28. The van der Waals surface area contributed by atoms with Gasteiger partial charge in [-0.2, -0.15) is 0 Å². The summed E-state index contributed by atoms with van der Waals surface area (Å²) < 4.78 is 22.3. The van der Waals surface area contributed by atoms with E-state index in [9.17, 15) is 9.59 Å². The predicted octanol–water partition coefficient (Wildman–Crippen LogP) is 2.09. The number of rotatable bonds is 7. The summed E-state index contributed by atoms with van der Waals surface area (Å²) in [6.07, 6.45) is 1.12. The molecular weight excluding hydrogens is 400 g/mol. The van der Waals surface area contributed by atoms with Gasteiger partial charge in [0.05, 0.1) is 33.5 Å². The molecule has 0 aromatic heterocycles. The Labute approximate surface area is 184 Å². The maximum atomic E-state index is 13.1. The third kappa shape index (κ3) is 6.11. The van der Waals surface area contributed by atoms with Gasteiger partial charge in [-0.15, -0.1) is 0 Å². The number of ether oxygens (including phenoxy) is 4. The van der Waals surface area contributed by atoms with E-state index in [4.69, 9.17) is 18.9 Å². The molecule has 2 saturated heterocycles. The minimum absolute atomic E-state index is 0.0268. The van der Waals surface area contributed by atoms with Crippen LogP contribution < -0.4 is 9.47 Å². The lowest BCUT2D eigenvalue weighted by Gasteiger charge is -2.29. The van der Waals surface area contributed by atoms with Gasteiger partial charge in [0.15, 0.2) is 0 Å². The van der Waals surface area contributed by atoms with Crippen molar-refractivity contribution in [2.75, 3.05) is 47.1 Å². The minimum atomic E-state index is -0.283. The van der Waals surface area contributed by atoms with Crippen LogP contribution in [0.2, 0.25) is 0 Å². The summed E-state index contributed by atoms with van der Waals surface area (Å²) in [6, 6.07) is 5.64. The average Bonchev–Trinajstić information content (AvgIpc) is 2.96. The van der Waals surface area contributed by atoms with E-state index in [1.807, 2.05) is 32.0 Å². The van der Waals surface area contributed by atoms with Crippen LogP contribution in [0.25, 0.3) is 0 Å². The lowest BCUT2D eigenvalue weighted by Crippen LogP contribution is -2.44. The molecule has 0 aliphatic carbocycles. The number of carbonyl (C=O) groups excluding carboxylic acids is 2. The zero-order valence-electron chi connectivity index (χ0n) is 19.0. The Balaban J connectivity index is 1.73. The molecule has 0 spiro atoms. The average molecular weight is 435 g/mol. The third-order valence-corrected chi connectivity index (χ3v) is 5.87. The lowest BCUT2D eigenvalue weighted by molar-refractivity contribution is -0.144. The van der Waals surface area contributed by atoms with E-state index in [1.54, 1.807) is 24.0 Å². The van der Waals surface area contributed by atoms with Gasteiger partial charge >= 0.3 is 0 Å². The zero-order chi connectivity index (χ0) is 22.4. The van der Waals surface area contributed by atoms with Crippen molar-refractivity contribution in [3.8, 4) is 11.5 Å². The Kier molecular flexibility index (Phi) is 8.15. The number of nitrogens with zero attached hydrogens (tertiary/aromatic N) is 2. The number of methoxy groups -OCH3 is 2. The summed E-state index contributed by atoms with van der Waals surface area (Å²) in [4.78, 5) is 29.5. The van der Waals surface area contributed by atoms with Crippen LogP contribution in [-0.2, 0) is 25.7 Å². The standard InChI is InChI=1S/C23H34N2O6/c1-16(2)25-13-21(31-15-17-9-19(28-3)11-20(10-17)29-4)12-24(14-22(25)26)23(27)18-5-7-30-8-6-18/h9-11,16,18,21H,5-8,12-15H2,1-4H3/t21-/m0/s1. The summed E-state index contributed by atoms with van der Waals surface area (Å²) in [5.41, 5.74) is 0.908. The second kappa shape index (κ2) is 10.8. The van der Waals surface area contributed by atoms with Crippen molar-refractivity contribution in [2.24, 2.45) is 5.92 Å². The Morgan fingerprint density at radius 2 is 1.74 bits per heavy atom. The number of carbonyl (C=O) groups is 2. The molecule has 2 aliphatic rings. The molecule has 0 radical (unpaired) electrons. The van der Waals surface area contributed by atoms with Gasteiger partial charge in [-0.1, -0.05) is 0 Å². The molecule has 0 saturated carbocycles. The van der Waals surface area contributed by atoms with Crippen LogP contribution in [0.3, 0.4) is 0 Å². The van der Waals surface area contributed by atoms with Crippen LogP contribution in [0, 0.1) is 5.92 Å². The summed E-state index contributed by atoms with van der Waals surface area (Å²) in [5, 5.41) is 0. The smallest absolute Gasteiger partial charge is 0.242 e. The highest BCUT2D eigenvalue weighted by Crippen LogP contribution is 2.24. The second-order valence-electron chi connectivity index (χ2n) is 8.40. The van der Waals surface area contributed by atoms with Crippen molar-refractivity contribution in [2.45, 2.75) is 45.4 Å². The van der Waals surface area contributed by atoms with Crippen molar-refractivity contribution < 1.29 is 28.5 Å².